The van der Waals surface area contributed by atoms with E-state index in [2.05, 4.69) is 11.4 Å². The van der Waals surface area contributed by atoms with Gasteiger partial charge in [-0.1, -0.05) is 44.9 Å². The first-order valence-corrected chi connectivity index (χ1v) is 11.0. The van der Waals surface area contributed by atoms with Gasteiger partial charge in [0.25, 0.3) is 0 Å². The van der Waals surface area contributed by atoms with Gasteiger partial charge in [0.1, 0.15) is 6.29 Å². The van der Waals surface area contributed by atoms with Gasteiger partial charge < -0.3 is 4.79 Å². The van der Waals surface area contributed by atoms with E-state index in [0.29, 0.717) is 6.42 Å². The van der Waals surface area contributed by atoms with Gasteiger partial charge in [-0.2, -0.15) is 21.6 Å². The molecule has 3 rings (SSSR count). The topological polar surface area (TPSA) is 71.4 Å². The highest BCUT2D eigenvalue weighted by atomic mass is 32.2. The van der Waals surface area contributed by atoms with Crippen molar-refractivity contribution in [2.24, 2.45) is 0 Å². The van der Waals surface area contributed by atoms with Crippen LogP contribution in [0.1, 0.15) is 74.1 Å². The van der Waals surface area contributed by atoms with Crippen molar-refractivity contribution in [2.45, 2.75) is 75.6 Å². The molecule has 9 heteroatoms. The van der Waals surface area contributed by atoms with Gasteiger partial charge in [0, 0.05) is 11.3 Å². The van der Waals surface area contributed by atoms with E-state index in [1.807, 2.05) is 11.3 Å². The van der Waals surface area contributed by atoms with Gasteiger partial charge in [0.2, 0.25) is 0 Å². The lowest BCUT2D eigenvalue weighted by Crippen LogP contribution is -2.21. The maximum atomic E-state index is 10.7. The molecule has 2 fully saturated rings. The van der Waals surface area contributed by atoms with E-state index in [4.69, 9.17) is 13.0 Å². The standard InChI is InChI=1S/C11H14OS.C5H10.CHF3O3S/c12-7-5-10-6-8-13-11(10)9-3-1-2-4-9;1-2-4-5-3-1;2-1(3,4)8(5,6)7/h6-9H,1-5H2;1-5H2;(H,5,6,7). The van der Waals surface area contributed by atoms with E-state index in [9.17, 15) is 18.0 Å². The minimum Gasteiger partial charge on any atom is -0.303 e. The molecule has 150 valence electrons. The van der Waals surface area contributed by atoms with E-state index < -0.39 is 15.6 Å². The van der Waals surface area contributed by atoms with Crippen LogP contribution in [0.5, 0.6) is 0 Å². The molecule has 26 heavy (non-hydrogen) atoms. The van der Waals surface area contributed by atoms with Crippen molar-refractivity contribution in [1.82, 2.24) is 0 Å². The van der Waals surface area contributed by atoms with E-state index >= 15 is 0 Å². The summed E-state index contributed by atoms with van der Waals surface area (Å²) in [7, 11) is -5.84. The molecule has 0 bridgehead atoms. The minimum atomic E-state index is -5.84. The van der Waals surface area contributed by atoms with Crippen LogP contribution in [0.25, 0.3) is 0 Å². The summed E-state index contributed by atoms with van der Waals surface area (Å²) in [6.45, 7) is 0. The van der Waals surface area contributed by atoms with Gasteiger partial charge in [0.05, 0.1) is 0 Å². The summed E-state index contributed by atoms with van der Waals surface area (Å²) < 4.78 is 57.5. The third-order valence-corrected chi connectivity index (χ3v) is 6.06. The fourth-order valence-electron chi connectivity index (χ4n) is 3.04. The maximum absolute atomic E-state index is 10.7. The Kier molecular flexibility index (Phi) is 9.81. The van der Waals surface area contributed by atoms with Crippen LogP contribution in [0, 0.1) is 0 Å². The first-order chi connectivity index (χ1) is 12.2. The predicted molar refractivity (Wildman–Crippen MR) is 96.0 cm³/mol. The fraction of sp³-hybridized carbons (Fsp3) is 0.706. The third-order valence-electron chi connectivity index (χ3n) is 4.35. The van der Waals surface area contributed by atoms with Crippen LogP contribution in [-0.4, -0.2) is 24.8 Å². The second-order valence-corrected chi connectivity index (χ2v) is 8.71. The Morgan fingerprint density at radius 2 is 1.54 bits per heavy atom. The largest absolute Gasteiger partial charge is 0.522 e. The van der Waals surface area contributed by atoms with Gasteiger partial charge in [0.15, 0.2) is 0 Å². The lowest BCUT2D eigenvalue weighted by atomic mass is 10.0. The Morgan fingerprint density at radius 3 is 1.92 bits per heavy atom. The van der Waals surface area contributed by atoms with Crippen LogP contribution in [0.4, 0.5) is 13.2 Å². The van der Waals surface area contributed by atoms with Crippen molar-refractivity contribution in [2.75, 3.05) is 0 Å². The number of hydrogen-bond donors (Lipinski definition) is 1. The second-order valence-electron chi connectivity index (χ2n) is 6.35. The number of hydrogen-bond acceptors (Lipinski definition) is 4. The first kappa shape index (κ1) is 23.1. The van der Waals surface area contributed by atoms with Crippen LogP contribution in [-0.2, 0) is 21.3 Å². The molecule has 0 atom stereocenters. The van der Waals surface area contributed by atoms with Crippen LogP contribution >= 0.6 is 11.3 Å². The minimum absolute atomic E-state index is 0.606. The molecule has 0 unspecified atom stereocenters. The summed E-state index contributed by atoms with van der Waals surface area (Å²) in [5.41, 5.74) is -4.26. The van der Waals surface area contributed by atoms with Gasteiger partial charge in [-0.3, -0.25) is 4.55 Å². The summed E-state index contributed by atoms with van der Waals surface area (Å²) in [6, 6.07) is 2.10. The highest BCUT2D eigenvalue weighted by Crippen LogP contribution is 2.38. The average molecular weight is 415 g/mol. The normalized spacial score (nSPS) is 17.8. The lowest BCUT2D eigenvalue weighted by molar-refractivity contribution is -0.107. The maximum Gasteiger partial charge on any atom is 0.522 e. The molecule has 2 aliphatic rings. The quantitative estimate of drug-likeness (QED) is 0.403. The molecule has 0 spiro atoms. The van der Waals surface area contributed by atoms with E-state index in [-0.39, 0.29) is 0 Å². The molecule has 0 aliphatic heterocycles. The van der Waals surface area contributed by atoms with Crippen molar-refractivity contribution in [1.29, 1.82) is 0 Å². The molecule has 4 nitrogen and oxygen atoms in total. The van der Waals surface area contributed by atoms with E-state index in [1.54, 1.807) is 0 Å². The zero-order valence-electron chi connectivity index (χ0n) is 14.5. The molecule has 0 radical (unpaired) electrons. The number of alkyl halides is 3. The molecule has 0 amide bonds. The first-order valence-electron chi connectivity index (χ1n) is 8.70. The number of halogens is 3. The molecule has 1 aromatic rings. The van der Waals surface area contributed by atoms with Crippen LogP contribution < -0.4 is 0 Å². The molecule has 1 N–H and O–H groups in total. The molecule has 1 heterocycles. The van der Waals surface area contributed by atoms with Crippen molar-refractivity contribution in [3.63, 3.8) is 0 Å². The Balaban J connectivity index is 0.000000222. The monoisotopic (exact) mass is 414 g/mol. The molecular weight excluding hydrogens is 389 g/mol. The van der Waals surface area contributed by atoms with Gasteiger partial charge in [-0.15, -0.1) is 11.3 Å². The Labute approximate surface area is 156 Å². The van der Waals surface area contributed by atoms with Crippen LogP contribution in [0.3, 0.4) is 0 Å². The smallest absolute Gasteiger partial charge is 0.303 e. The number of rotatable bonds is 3. The van der Waals surface area contributed by atoms with Gasteiger partial charge in [-0.25, -0.2) is 0 Å². The summed E-state index contributed by atoms with van der Waals surface area (Å²) in [4.78, 5) is 11.9. The number of carbonyl (C=O) groups excluding carboxylic acids is 1. The SMILES string of the molecule is C1CCCC1.O=CCc1ccsc1C1CCCC1.O=S(=O)(O)C(F)(F)F. The zero-order valence-corrected chi connectivity index (χ0v) is 16.1. The molecule has 0 aromatic carbocycles. The van der Waals surface area contributed by atoms with Crippen molar-refractivity contribution in [3.05, 3.63) is 21.9 Å². The summed E-state index contributed by atoms with van der Waals surface area (Å²) in [5.74, 6) is 0.759. The average Bonchev–Trinajstić information content (AvgIpc) is 3.30. The predicted octanol–water partition coefficient (Wildman–Crippen LogP) is 5.49. The highest BCUT2D eigenvalue weighted by molar-refractivity contribution is 7.86. The second kappa shape index (κ2) is 11.0. The Bertz CT molecular complexity index is 621. The Hall–Kier alpha value is -0.930. The molecule has 1 aromatic heterocycles. The zero-order chi connectivity index (χ0) is 19.6. The van der Waals surface area contributed by atoms with Crippen molar-refractivity contribution in [3.8, 4) is 0 Å². The molecular formula is C17H25F3O4S2. The number of thiophene rings is 1. The van der Waals surface area contributed by atoms with Crippen molar-refractivity contribution >= 4 is 27.7 Å². The molecule has 2 aliphatic carbocycles. The van der Waals surface area contributed by atoms with Crippen LogP contribution in [0.15, 0.2) is 11.4 Å². The number of aldehydes is 1. The van der Waals surface area contributed by atoms with E-state index in [1.165, 1.54) is 68.2 Å². The summed E-state index contributed by atoms with van der Waals surface area (Å²) >= 11 is 1.83. The highest BCUT2D eigenvalue weighted by Gasteiger charge is 2.44. The Morgan fingerprint density at radius 1 is 1.08 bits per heavy atom. The van der Waals surface area contributed by atoms with Gasteiger partial charge in [-0.05, 0) is 35.8 Å². The van der Waals surface area contributed by atoms with E-state index in [0.717, 1.165) is 12.2 Å². The third kappa shape index (κ3) is 8.18. The number of carbonyl (C=O) groups is 1. The summed E-state index contributed by atoms with van der Waals surface area (Å²) in [6.07, 6.45) is 14.5. The lowest BCUT2D eigenvalue weighted by Gasteiger charge is -2.07. The van der Waals surface area contributed by atoms with Crippen LogP contribution in [0.2, 0.25) is 0 Å². The molecule has 0 saturated heterocycles. The fourth-order valence-corrected chi connectivity index (χ4v) is 4.15. The molecule has 2 saturated carbocycles. The van der Waals surface area contributed by atoms with Crippen molar-refractivity contribution < 1.29 is 30.9 Å². The summed E-state index contributed by atoms with van der Waals surface area (Å²) in [5, 5.41) is 2.12. The van der Waals surface area contributed by atoms with Gasteiger partial charge >= 0.3 is 15.6 Å².